The highest BCUT2D eigenvalue weighted by Crippen LogP contribution is 2.26. The van der Waals surface area contributed by atoms with Crippen molar-refractivity contribution in [2.24, 2.45) is 0 Å². The van der Waals surface area contributed by atoms with Crippen LogP contribution in [0.2, 0.25) is 0 Å². The molecule has 1 atom stereocenters. The van der Waals surface area contributed by atoms with E-state index in [9.17, 15) is 19.7 Å². The van der Waals surface area contributed by atoms with Gasteiger partial charge in [-0.1, -0.05) is 6.92 Å². The Morgan fingerprint density at radius 2 is 2.04 bits per heavy atom. The Labute approximate surface area is 145 Å². The molecule has 1 rings (SSSR count). The van der Waals surface area contributed by atoms with Gasteiger partial charge in [0, 0.05) is 26.3 Å². The number of nitrogens with zero attached hydrogens (tertiary/aromatic N) is 1. The molecular formula is C16H23N3O6. The van der Waals surface area contributed by atoms with Crippen LogP contribution in [-0.2, 0) is 14.3 Å². The number of methoxy groups -OCH3 is 1. The fourth-order valence-electron chi connectivity index (χ4n) is 1.92. The molecule has 0 saturated carbocycles. The number of anilines is 1. The summed E-state index contributed by atoms with van der Waals surface area (Å²) in [7, 11) is 1.52. The van der Waals surface area contributed by atoms with E-state index in [2.05, 4.69) is 10.6 Å². The molecule has 0 saturated heterocycles. The molecule has 1 amide bonds. The molecule has 0 heterocycles. The van der Waals surface area contributed by atoms with E-state index in [0.29, 0.717) is 19.7 Å². The Kier molecular flexibility index (Phi) is 8.34. The monoisotopic (exact) mass is 353 g/mol. The molecule has 0 radical (unpaired) electrons. The van der Waals surface area contributed by atoms with Gasteiger partial charge < -0.3 is 20.1 Å². The summed E-state index contributed by atoms with van der Waals surface area (Å²) in [5.74, 6) is -1.21. The quantitative estimate of drug-likeness (QED) is 0.284. The van der Waals surface area contributed by atoms with Crippen LogP contribution < -0.4 is 10.6 Å². The largest absolute Gasteiger partial charge is 0.449 e. The topological polar surface area (TPSA) is 120 Å². The van der Waals surface area contributed by atoms with Gasteiger partial charge in [-0.15, -0.1) is 0 Å². The van der Waals surface area contributed by atoms with E-state index in [1.54, 1.807) is 0 Å². The highest BCUT2D eigenvalue weighted by atomic mass is 16.6. The van der Waals surface area contributed by atoms with Gasteiger partial charge in [0.05, 0.1) is 17.1 Å². The number of carbonyl (C=O) groups is 2. The number of carbonyl (C=O) groups excluding carboxylic acids is 2. The summed E-state index contributed by atoms with van der Waals surface area (Å²) in [4.78, 5) is 34.4. The van der Waals surface area contributed by atoms with Crippen molar-refractivity contribution in [2.75, 3.05) is 32.1 Å². The lowest BCUT2D eigenvalue weighted by Gasteiger charge is -2.13. The van der Waals surface area contributed by atoms with Crippen molar-refractivity contribution in [1.29, 1.82) is 0 Å². The third kappa shape index (κ3) is 6.38. The molecule has 0 aliphatic rings. The Morgan fingerprint density at radius 3 is 2.64 bits per heavy atom. The lowest BCUT2D eigenvalue weighted by atomic mass is 10.1. The van der Waals surface area contributed by atoms with E-state index in [-0.39, 0.29) is 16.9 Å². The van der Waals surface area contributed by atoms with Gasteiger partial charge in [0.2, 0.25) is 0 Å². The van der Waals surface area contributed by atoms with Crippen LogP contribution in [0.15, 0.2) is 18.2 Å². The molecule has 1 aromatic carbocycles. The van der Waals surface area contributed by atoms with Crippen molar-refractivity contribution in [1.82, 2.24) is 5.32 Å². The number of nitro benzene ring substituents is 1. The zero-order valence-corrected chi connectivity index (χ0v) is 14.5. The number of rotatable bonds is 10. The number of ether oxygens (including phenoxy) is 2. The summed E-state index contributed by atoms with van der Waals surface area (Å²) in [6.07, 6.45) is -0.228. The van der Waals surface area contributed by atoms with Crippen LogP contribution in [0.25, 0.3) is 0 Å². The number of hydrogen-bond acceptors (Lipinski definition) is 7. The van der Waals surface area contributed by atoms with Crippen LogP contribution in [0.5, 0.6) is 0 Å². The number of amides is 1. The molecule has 0 unspecified atom stereocenters. The van der Waals surface area contributed by atoms with E-state index in [4.69, 9.17) is 9.47 Å². The van der Waals surface area contributed by atoms with Gasteiger partial charge in [-0.05, 0) is 25.5 Å². The molecule has 0 bridgehead atoms. The second-order valence-corrected chi connectivity index (χ2v) is 5.25. The van der Waals surface area contributed by atoms with Gasteiger partial charge in [0.1, 0.15) is 5.69 Å². The molecule has 25 heavy (non-hydrogen) atoms. The lowest BCUT2D eigenvalue weighted by Crippen LogP contribution is -2.36. The predicted octanol–water partition coefficient (Wildman–Crippen LogP) is 1.72. The van der Waals surface area contributed by atoms with Gasteiger partial charge in [-0.3, -0.25) is 14.9 Å². The van der Waals surface area contributed by atoms with Crippen molar-refractivity contribution in [2.45, 2.75) is 26.4 Å². The van der Waals surface area contributed by atoms with Crippen LogP contribution in [0.1, 0.15) is 30.6 Å². The van der Waals surface area contributed by atoms with E-state index < -0.39 is 22.9 Å². The van der Waals surface area contributed by atoms with Crippen molar-refractivity contribution in [3.8, 4) is 0 Å². The molecule has 9 nitrogen and oxygen atoms in total. The summed E-state index contributed by atoms with van der Waals surface area (Å²) in [5, 5.41) is 16.7. The SMILES string of the molecule is CCCNC(=O)[C@@H](C)OC(=O)c1ccc(NCCOC)c([N+](=O)[O-])c1. The Morgan fingerprint density at radius 1 is 1.32 bits per heavy atom. The van der Waals surface area contributed by atoms with Crippen LogP contribution in [-0.4, -0.2) is 49.7 Å². The normalized spacial score (nSPS) is 11.5. The third-order valence-corrected chi connectivity index (χ3v) is 3.25. The zero-order chi connectivity index (χ0) is 18.8. The maximum atomic E-state index is 12.1. The van der Waals surface area contributed by atoms with Crippen LogP contribution in [0.3, 0.4) is 0 Å². The average Bonchev–Trinajstić information content (AvgIpc) is 2.59. The van der Waals surface area contributed by atoms with Crippen LogP contribution in [0.4, 0.5) is 11.4 Å². The average molecular weight is 353 g/mol. The standard InChI is InChI=1S/C16H23N3O6/c1-4-7-18-15(20)11(2)25-16(21)12-5-6-13(17-8-9-24-3)14(10-12)19(22)23/h5-6,10-11,17H,4,7-9H2,1-3H3,(H,18,20)/t11-/m1/s1. The summed E-state index contributed by atoms with van der Waals surface area (Å²) in [6, 6.07) is 3.95. The third-order valence-electron chi connectivity index (χ3n) is 3.25. The zero-order valence-electron chi connectivity index (χ0n) is 14.5. The fourth-order valence-corrected chi connectivity index (χ4v) is 1.92. The molecule has 0 fully saturated rings. The predicted molar refractivity (Wildman–Crippen MR) is 91.6 cm³/mol. The molecule has 0 spiro atoms. The number of benzene rings is 1. The first-order chi connectivity index (χ1) is 11.9. The first-order valence-corrected chi connectivity index (χ1v) is 7.90. The first-order valence-electron chi connectivity index (χ1n) is 7.90. The number of nitrogens with one attached hydrogen (secondary N) is 2. The Bertz CT molecular complexity index is 620. The second kappa shape index (κ2) is 10.2. The fraction of sp³-hybridized carbons (Fsp3) is 0.500. The smallest absolute Gasteiger partial charge is 0.339 e. The molecule has 138 valence electrons. The molecule has 0 aromatic heterocycles. The van der Waals surface area contributed by atoms with E-state index in [1.165, 1.54) is 26.2 Å². The Hall–Kier alpha value is -2.68. The van der Waals surface area contributed by atoms with Gasteiger partial charge in [-0.25, -0.2) is 4.79 Å². The minimum absolute atomic E-state index is 0.000803. The molecule has 0 aliphatic carbocycles. The first kappa shape index (κ1) is 20.4. The summed E-state index contributed by atoms with van der Waals surface area (Å²) >= 11 is 0. The molecule has 0 aliphatic heterocycles. The maximum absolute atomic E-state index is 12.1. The van der Waals surface area contributed by atoms with Gasteiger partial charge in [0.25, 0.3) is 11.6 Å². The van der Waals surface area contributed by atoms with Crippen molar-refractivity contribution in [3.63, 3.8) is 0 Å². The highest BCUT2D eigenvalue weighted by molar-refractivity contribution is 5.93. The van der Waals surface area contributed by atoms with E-state index in [1.807, 2.05) is 6.92 Å². The molecular weight excluding hydrogens is 330 g/mol. The molecule has 1 aromatic rings. The molecule has 9 heteroatoms. The van der Waals surface area contributed by atoms with Crippen LogP contribution in [0, 0.1) is 10.1 Å². The number of hydrogen-bond donors (Lipinski definition) is 2. The molecule has 2 N–H and O–H groups in total. The minimum atomic E-state index is -0.988. The second-order valence-electron chi connectivity index (χ2n) is 5.25. The van der Waals surface area contributed by atoms with E-state index in [0.717, 1.165) is 12.5 Å². The highest BCUT2D eigenvalue weighted by Gasteiger charge is 2.22. The maximum Gasteiger partial charge on any atom is 0.339 e. The van der Waals surface area contributed by atoms with Gasteiger partial charge in [0.15, 0.2) is 6.10 Å². The summed E-state index contributed by atoms with van der Waals surface area (Å²) in [5.41, 5.74) is 0.0140. The van der Waals surface area contributed by atoms with Crippen molar-refractivity contribution in [3.05, 3.63) is 33.9 Å². The minimum Gasteiger partial charge on any atom is -0.449 e. The Balaban J connectivity index is 2.83. The van der Waals surface area contributed by atoms with Crippen LogP contribution >= 0.6 is 0 Å². The lowest BCUT2D eigenvalue weighted by molar-refractivity contribution is -0.384. The van der Waals surface area contributed by atoms with Crippen molar-refractivity contribution >= 4 is 23.3 Å². The van der Waals surface area contributed by atoms with E-state index >= 15 is 0 Å². The number of nitro groups is 1. The van der Waals surface area contributed by atoms with Crippen molar-refractivity contribution < 1.29 is 24.0 Å². The van der Waals surface area contributed by atoms with Gasteiger partial charge >= 0.3 is 5.97 Å². The number of esters is 1. The summed E-state index contributed by atoms with van der Waals surface area (Å²) in [6.45, 7) is 4.59. The summed E-state index contributed by atoms with van der Waals surface area (Å²) < 4.78 is 9.93. The van der Waals surface area contributed by atoms with Gasteiger partial charge in [-0.2, -0.15) is 0 Å².